The number of hydrogen-bond donors (Lipinski definition) is 1. The highest BCUT2D eigenvalue weighted by molar-refractivity contribution is 5.89. The van der Waals surface area contributed by atoms with Crippen molar-refractivity contribution in [3.05, 3.63) is 23.5 Å². The van der Waals surface area contributed by atoms with Gasteiger partial charge in [-0.1, -0.05) is 0 Å². The zero-order valence-electron chi connectivity index (χ0n) is 8.41. The molecule has 0 aliphatic carbocycles. The van der Waals surface area contributed by atoms with Gasteiger partial charge in [0.15, 0.2) is 0 Å². The molecule has 0 unspecified atom stereocenters. The Morgan fingerprint density at radius 3 is 2.50 bits per heavy atom. The molecule has 0 fully saturated rings. The number of carboxylic acid groups (broad SMARTS) is 1. The van der Waals surface area contributed by atoms with E-state index in [0.29, 0.717) is 6.61 Å². The Kier molecular flexibility index (Phi) is 3.58. The number of nitrogens with zero attached hydrogens (tertiary/aromatic N) is 1. The molecular formula is C9H10F3NO3. The Labute approximate surface area is 89.2 Å². The summed E-state index contributed by atoms with van der Waals surface area (Å²) < 4.78 is 43.2. The second-order valence-electron chi connectivity index (χ2n) is 3.02. The lowest BCUT2D eigenvalue weighted by atomic mass is 10.2. The predicted molar refractivity (Wildman–Crippen MR) is 48.0 cm³/mol. The third-order valence-electron chi connectivity index (χ3n) is 1.86. The minimum absolute atomic E-state index is 0.104. The van der Waals surface area contributed by atoms with E-state index in [2.05, 4.69) is 0 Å². The van der Waals surface area contributed by atoms with Crippen LogP contribution in [-0.4, -0.2) is 22.2 Å². The van der Waals surface area contributed by atoms with Gasteiger partial charge in [0, 0.05) is 19.0 Å². The number of halogens is 3. The average molecular weight is 237 g/mol. The molecule has 7 heteroatoms. The molecule has 0 bridgehead atoms. The van der Waals surface area contributed by atoms with Gasteiger partial charge < -0.3 is 14.4 Å². The molecule has 0 aliphatic heterocycles. The number of carboxylic acids is 1. The maximum atomic E-state index is 12.4. The van der Waals surface area contributed by atoms with Crippen LogP contribution >= 0.6 is 0 Å². The number of carbonyl (C=O) groups is 1. The smallest absolute Gasteiger partial charge is 0.418 e. The first-order valence-corrected chi connectivity index (χ1v) is 4.44. The van der Waals surface area contributed by atoms with Crippen LogP contribution in [0.1, 0.15) is 22.8 Å². The minimum Gasteiger partial charge on any atom is -0.478 e. The second-order valence-corrected chi connectivity index (χ2v) is 3.02. The third kappa shape index (κ3) is 2.75. The Bertz CT molecular complexity index is 384. The fraction of sp³-hybridized carbons (Fsp3) is 0.444. The summed E-state index contributed by atoms with van der Waals surface area (Å²) >= 11 is 0. The molecule has 0 aromatic carbocycles. The van der Waals surface area contributed by atoms with E-state index < -0.39 is 23.3 Å². The van der Waals surface area contributed by atoms with Gasteiger partial charge in [-0.15, -0.1) is 0 Å². The number of rotatable bonds is 4. The first-order chi connectivity index (χ1) is 7.36. The maximum Gasteiger partial charge on any atom is 0.418 e. The van der Waals surface area contributed by atoms with Crippen LogP contribution in [0, 0.1) is 0 Å². The van der Waals surface area contributed by atoms with Crippen molar-refractivity contribution >= 4 is 5.97 Å². The Hall–Kier alpha value is -1.50. The number of hydrogen-bond acceptors (Lipinski definition) is 2. The Balaban J connectivity index is 3.06. The fourth-order valence-corrected chi connectivity index (χ4v) is 1.18. The summed E-state index contributed by atoms with van der Waals surface area (Å²) in [6.07, 6.45) is -3.05. The van der Waals surface area contributed by atoms with E-state index in [-0.39, 0.29) is 6.73 Å². The monoisotopic (exact) mass is 237 g/mol. The second kappa shape index (κ2) is 4.56. The third-order valence-corrected chi connectivity index (χ3v) is 1.86. The predicted octanol–water partition coefficient (Wildman–Crippen LogP) is 2.20. The molecule has 0 radical (unpaired) electrons. The van der Waals surface area contributed by atoms with E-state index in [9.17, 15) is 18.0 Å². The molecule has 0 saturated heterocycles. The van der Waals surface area contributed by atoms with Gasteiger partial charge in [0.1, 0.15) is 6.73 Å². The summed E-state index contributed by atoms with van der Waals surface area (Å²) in [4.78, 5) is 10.6. The van der Waals surface area contributed by atoms with Crippen LogP contribution in [0.25, 0.3) is 0 Å². The molecule has 1 heterocycles. The minimum atomic E-state index is -4.68. The van der Waals surface area contributed by atoms with Gasteiger partial charge in [0.2, 0.25) is 0 Å². The first kappa shape index (κ1) is 12.6. The van der Waals surface area contributed by atoms with Crippen molar-refractivity contribution in [2.75, 3.05) is 6.61 Å². The summed E-state index contributed by atoms with van der Waals surface area (Å²) in [6, 6.07) is 0. The van der Waals surface area contributed by atoms with Crippen LogP contribution in [0.5, 0.6) is 0 Å². The van der Waals surface area contributed by atoms with Crippen molar-refractivity contribution in [2.45, 2.75) is 19.8 Å². The standard InChI is InChI=1S/C9H10F3NO3/c1-2-16-5-13-3-6(8(14)15)7(4-13)9(10,11)12/h3-4H,2,5H2,1H3,(H,14,15). The Morgan fingerprint density at radius 1 is 1.50 bits per heavy atom. The summed E-state index contributed by atoms with van der Waals surface area (Å²) in [7, 11) is 0. The zero-order valence-corrected chi connectivity index (χ0v) is 8.41. The first-order valence-electron chi connectivity index (χ1n) is 4.44. The highest BCUT2D eigenvalue weighted by atomic mass is 19.4. The number of aromatic nitrogens is 1. The molecule has 0 atom stereocenters. The van der Waals surface area contributed by atoms with Gasteiger partial charge in [-0.2, -0.15) is 13.2 Å². The summed E-state index contributed by atoms with van der Waals surface area (Å²) in [6.45, 7) is 1.92. The van der Waals surface area contributed by atoms with E-state index in [1.54, 1.807) is 6.92 Å². The molecule has 4 nitrogen and oxygen atoms in total. The van der Waals surface area contributed by atoms with Crippen molar-refractivity contribution in [1.29, 1.82) is 0 Å². The number of ether oxygens (including phenoxy) is 1. The van der Waals surface area contributed by atoms with Gasteiger partial charge in [0.25, 0.3) is 0 Å². The van der Waals surface area contributed by atoms with Crippen LogP contribution in [0.4, 0.5) is 13.2 Å². The lowest BCUT2D eigenvalue weighted by Crippen LogP contribution is -2.09. The molecular weight excluding hydrogens is 227 g/mol. The van der Waals surface area contributed by atoms with Crippen LogP contribution in [-0.2, 0) is 17.6 Å². The summed E-state index contributed by atoms with van der Waals surface area (Å²) in [5.41, 5.74) is -1.94. The van der Waals surface area contributed by atoms with Gasteiger partial charge in [-0.05, 0) is 6.92 Å². The SMILES string of the molecule is CCOCn1cc(C(=O)O)c(C(F)(F)F)c1. The lowest BCUT2D eigenvalue weighted by molar-refractivity contribution is -0.138. The molecule has 1 aromatic heterocycles. The van der Waals surface area contributed by atoms with Crippen molar-refractivity contribution < 1.29 is 27.8 Å². The average Bonchev–Trinajstić information content (AvgIpc) is 2.58. The maximum absolute atomic E-state index is 12.4. The summed E-state index contributed by atoms with van der Waals surface area (Å²) in [5, 5.41) is 8.61. The highest BCUT2D eigenvalue weighted by Crippen LogP contribution is 2.32. The van der Waals surface area contributed by atoms with Gasteiger partial charge in [-0.25, -0.2) is 4.79 Å². The lowest BCUT2D eigenvalue weighted by Gasteiger charge is -2.04. The largest absolute Gasteiger partial charge is 0.478 e. The van der Waals surface area contributed by atoms with Gasteiger partial charge in [0.05, 0.1) is 11.1 Å². The molecule has 0 spiro atoms. The normalized spacial score (nSPS) is 11.8. The molecule has 1 rings (SSSR count). The molecule has 1 aromatic rings. The highest BCUT2D eigenvalue weighted by Gasteiger charge is 2.36. The van der Waals surface area contributed by atoms with Gasteiger partial charge in [-0.3, -0.25) is 0 Å². The van der Waals surface area contributed by atoms with E-state index in [1.807, 2.05) is 0 Å². The fourth-order valence-electron chi connectivity index (χ4n) is 1.18. The van der Waals surface area contributed by atoms with Crippen LogP contribution < -0.4 is 0 Å². The molecule has 0 aliphatic rings. The zero-order chi connectivity index (χ0) is 12.3. The molecule has 0 amide bonds. The number of aromatic carboxylic acids is 1. The molecule has 90 valence electrons. The van der Waals surface area contributed by atoms with E-state index in [1.165, 1.54) is 0 Å². The summed E-state index contributed by atoms with van der Waals surface area (Å²) in [5.74, 6) is -1.61. The van der Waals surface area contributed by atoms with E-state index in [4.69, 9.17) is 9.84 Å². The van der Waals surface area contributed by atoms with E-state index in [0.717, 1.165) is 17.0 Å². The van der Waals surface area contributed by atoms with Crippen molar-refractivity contribution in [2.24, 2.45) is 0 Å². The van der Waals surface area contributed by atoms with Gasteiger partial charge >= 0.3 is 12.1 Å². The van der Waals surface area contributed by atoms with Crippen molar-refractivity contribution in [3.8, 4) is 0 Å². The van der Waals surface area contributed by atoms with E-state index >= 15 is 0 Å². The number of alkyl halides is 3. The topological polar surface area (TPSA) is 51.5 Å². The van der Waals surface area contributed by atoms with Crippen LogP contribution in [0.3, 0.4) is 0 Å². The molecule has 0 saturated carbocycles. The van der Waals surface area contributed by atoms with Crippen molar-refractivity contribution in [3.63, 3.8) is 0 Å². The molecule has 1 N–H and O–H groups in total. The van der Waals surface area contributed by atoms with Crippen molar-refractivity contribution in [1.82, 2.24) is 4.57 Å². The molecule has 16 heavy (non-hydrogen) atoms. The quantitative estimate of drug-likeness (QED) is 0.873. The van der Waals surface area contributed by atoms with Crippen LogP contribution in [0.2, 0.25) is 0 Å². The Morgan fingerprint density at radius 2 is 2.12 bits per heavy atom. The van der Waals surface area contributed by atoms with Crippen LogP contribution in [0.15, 0.2) is 12.4 Å².